The van der Waals surface area contributed by atoms with E-state index in [-0.39, 0.29) is 6.04 Å². The Bertz CT molecular complexity index is 495. The molecular weight excluding hydrogens is 232 g/mol. The molecule has 1 atom stereocenters. The average molecular weight is 248 g/mol. The van der Waals surface area contributed by atoms with Gasteiger partial charge in [0.1, 0.15) is 10.8 Å². The smallest absolute Gasteiger partial charge is 0.149 e. The quantitative estimate of drug-likeness (QED) is 0.873. The Balaban J connectivity index is 2.11. The highest BCUT2D eigenvalue weighted by Crippen LogP contribution is 2.25. The second-order valence-electron chi connectivity index (χ2n) is 3.83. The van der Waals surface area contributed by atoms with Crippen molar-refractivity contribution in [3.8, 4) is 0 Å². The van der Waals surface area contributed by atoms with E-state index in [9.17, 15) is 0 Å². The lowest BCUT2D eigenvalue weighted by Gasteiger charge is -2.13. The highest BCUT2D eigenvalue weighted by Gasteiger charge is 2.11. The van der Waals surface area contributed by atoms with Gasteiger partial charge in [-0.25, -0.2) is 9.97 Å². The van der Waals surface area contributed by atoms with Crippen molar-refractivity contribution in [2.45, 2.75) is 26.3 Å². The Kier molecular flexibility index (Phi) is 3.58. The van der Waals surface area contributed by atoms with Gasteiger partial charge in [-0.2, -0.15) is 0 Å². The predicted molar refractivity (Wildman–Crippen MR) is 72.2 cm³/mol. The van der Waals surface area contributed by atoms with Crippen LogP contribution in [-0.2, 0) is 6.42 Å². The molecule has 0 fully saturated rings. The summed E-state index contributed by atoms with van der Waals surface area (Å²) in [6, 6.07) is 3.78. The van der Waals surface area contributed by atoms with Crippen LogP contribution in [0.1, 0.15) is 29.8 Å². The monoisotopic (exact) mass is 248 g/mol. The number of aryl methyl sites for hydroxylation is 1. The van der Waals surface area contributed by atoms with Crippen molar-refractivity contribution in [2.75, 3.05) is 11.1 Å². The number of nitrogen functional groups attached to an aromatic ring is 1. The van der Waals surface area contributed by atoms with Gasteiger partial charge >= 0.3 is 0 Å². The Morgan fingerprint density at radius 3 is 2.94 bits per heavy atom. The molecule has 5 heteroatoms. The molecule has 2 aromatic rings. The van der Waals surface area contributed by atoms with Crippen LogP contribution in [0.5, 0.6) is 0 Å². The summed E-state index contributed by atoms with van der Waals surface area (Å²) in [5, 5.41) is 4.34. The first-order valence-electron chi connectivity index (χ1n) is 5.62. The highest BCUT2D eigenvalue weighted by molar-refractivity contribution is 7.11. The molecular formula is C12H16N4S. The molecule has 4 nitrogen and oxygen atoms in total. The second-order valence-corrected chi connectivity index (χ2v) is 4.97. The summed E-state index contributed by atoms with van der Waals surface area (Å²) in [6.45, 7) is 4.19. The number of nitrogens with one attached hydrogen (secondary N) is 1. The summed E-state index contributed by atoms with van der Waals surface area (Å²) in [5.41, 5.74) is 6.50. The van der Waals surface area contributed by atoms with Gasteiger partial charge in [0.25, 0.3) is 0 Å². The molecule has 17 heavy (non-hydrogen) atoms. The first kappa shape index (κ1) is 11.9. The van der Waals surface area contributed by atoms with E-state index in [0.717, 1.165) is 11.4 Å². The van der Waals surface area contributed by atoms with Crippen LogP contribution in [0.2, 0.25) is 0 Å². The molecule has 2 rings (SSSR count). The van der Waals surface area contributed by atoms with E-state index >= 15 is 0 Å². The average Bonchev–Trinajstić information content (AvgIpc) is 2.81. The van der Waals surface area contributed by atoms with Crippen LogP contribution >= 0.6 is 11.3 Å². The molecule has 90 valence electrons. The fourth-order valence-corrected chi connectivity index (χ4v) is 2.35. The van der Waals surface area contributed by atoms with Crippen molar-refractivity contribution < 1.29 is 0 Å². The van der Waals surface area contributed by atoms with E-state index < -0.39 is 0 Å². The maximum absolute atomic E-state index is 5.84. The molecule has 2 heterocycles. The van der Waals surface area contributed by atoms with Gasteiger partial charge in [-0.05, 0) is 25.5 Å². The number of rotatable bonds is 4. The fourth-order valence-electron chi connectivity index (χ4n) is 1.49. The van der Waals surface area contributed by atoms with E-state index in [1.54, 1.807) is 17.5 Å². The van der Waals surface area contributed by atoms with Crippen LogP contribution < -0.4 is 11.1 Å². The van der Waals surface area contributed by atoms with Crippen molar-refractivity contribution in [1.29, 1.82) is 0 Å². The number of hydrogen-bond acceptors (Lipinski definition) is 5. The number of hydrogen-bond donors (Lipinski definition) is 2. The normalized spacial score (nSPS) is 12.4. The van der Waals surface area contributed by atoms with Crippen molar-refractivity contribution in [1.82, 2.24) is 9.97 Å². The summed E-state index contributed by atoms with van der Waals surface area (Å²) < 4.78 is 0. The molecule has 0 aromatic carbocycles. The Morgan fingerprint density at radius 2 is 2.29 bits per heavy atom. The van der Waals surface area contributed by atoms with Crippen molar-refractivity contribution in [3.05, 3.63) is 34.4 Å². The molecule has 0 aliphatic carbocycles. The molecule has 0 radical (unpaired) electrons. The molecule has 2 aromatic heterocycles. The Labute approximate surface area is 105 Å². The Hall–Kier alpha value is -1.62. The summed E-state index contributed by atoms with van der Waals surface area (Å²) in [7, 11) is 0. The van der Waals surface area contributed by atoms with Gasteiger partial charge in [-0.1, -0.05) is 6.92 Å². The summed E-state index contributed by atoms with van der Waals surface area (Å²) in [6.07, 6.45) is 4.68. The van der Waals surface area contributed by atoms with E-state index in [0.29, 0.717) is 11.5 Å². The minimum Gasteiger partial charge on any atom is -0.396 e. The number of nitrogens with two attached hydrogens (primary N) is 1. The van der Waals surface area contributed by atoms with Crippen LogP contribution in [-0.4, -0.2) is 9.97 Å². The molecule has 1 unspecified atom stereocenters. The summed E-state index contributed by atoms with van der Waals surface area (Å²) >= 11 is 1.72. The van der Waals surface area contributed by atoms with Crippen LogP contribution in [0, 0.1) is 0 Å². The number of anilines is 2. The first-order valence-corrected chi connectivity index (χ1v) is 6.44. The highest BCUT2D eigenvalue weighted by atomic mass is 32.1. The zero-order valence-corrected chi connectivity index (χ0v) is 10.8. The minimum atomic E-state index is 0.123. The topological polar surface area (TPSA) is 63.8 Å². The third-order valence-electron chi connectivity index (χ3n) is 2.48. The van der Waals surface area contributed by atoms with Gasteiger partial charge in [-0.3, -0.25) is 0 Å². The van der Waals surface area contributed by atoms with Crippen LogP contribution in [0.25, 0.3) is 0 Å². The molecule has 0 saturated carbocycles. The second kappa shape index (κ2) is 5.14. The summed E-state index contributed by atoms with van der Waals surface area (Å²) in [4.78, 5) is 9.91. The third kappa shape index (κ3) is 2.74. The van der Waals surface area contributed by atoms with Gasteiger partial charge in [0, 0.05) is 17.3 Å². The van der Waals surface area contributed by atoms with Gasteiger partial charge in [0.2, 0.25) is 0 Å². The van der Waals surface area contributed by atoms with Gasteiger partial charge < -0.3 is 11.1 Å². The minimum absolute atomic E-state index is 0.123. The standard InChI is InChI=1S/C12H16N4S/c1-3-9-7-15-12(17-9)8(2)16-11-10(13)5-4-6-14-11/h4-8H,3,13H2,1-2H3,(H,14,16). The maximum Gasteiger partial charge on any atom is 0.149 e. The van der Waals surface area contributed by atoms with Gasteiger partial charge in [0.05, 0.1) is 11.7 Å². The van der Waals surface area contributed by atoms with E-state index in [1.807, 2.05) is 18.3 Å². The van der Waals surface area contributed by atoms with E-state index in [4.69, 9.17) is 5.73 Å². The number of pyridine rings is 1. The van der Waals surface area contributed by atoms with Gasteiger partial charge in [-0.15, -0.1) is 11.3 Å². The predicted octanol–water partition coefficient (Wildman–Crippen LogP) is 2.86. The van der Waals surface area contributed by atoms with Crippen LogP contribution in [0.15, 0.2) is 24.5 Å². The zero-order valence-electron chi connectivity index (χ0n) is 9.97. The molecule has 3 N–H and O–H groups in total. The molecule has 0 amide bonds. The van der Waals surface area contributed by atoms with Crippen LogP contribution in [0.3, 0.4) is 0 Å². The molecule has 0 saturated heterocycles. The lowest BCUT2D eigenvalue weighted by atomic mass is 10.3. The van der Waals surface area contributed by atoms with Crippen molar-refractivity contribution >= 4 is 22.8 Å². The molecule has 0 aliphatic rings. The van der Waals surface area contributed by atoms with E-state index in [1.165, 1.54) is 4.88 Å². The largest absolute Gasteiger partial charge is 0.396 e. The van der Waals surface area contributed by atoms with Crippen LogP contribution in [0.4, 0.5) is 11.5 Å². The fraction of sp³-hybridized carbons (Fsp3) is 0.333. The third-order valence-corrected chi connectivity index (χ3v) is 3.81. The first-order chi connectivity index (χ1) is 8.20. The zero-order chi connectivity index (χ0) is 12.3. The number of nitrogens with zero attached hydrogens (tertiary/aromatic N) is 2. The van der Waals surface area contributed by atoms with E-state index in [2.05, 4.69) is 29.1 Å². The van der Waals surface area contributed by atoms with Gasteiger partial charge in [0.15, 0.2) is 0 Å². The van der Waals surface area contributed by atoms with Crippen molar-refractivity contribution in [3.63, 3.8) is 0 Å². The number of aromatic nitrogens is 2. The molecule has 0 spiro atoms. The molecule has 0 aliphatic heterocycles. The Morgan fingerprint density at radius 1 is 1.47 bits per heavy atom. The maximum atomic E-state index is 5.84. The SMILES string of the molecule is CCc1cnc(C(C)Nc2ncccc2N)s1. The van der Waals surface area contributed by atoms with Crippen molar-refractivity contribution in [2.24, 2.45) is 0 Å². The lowest BCUT2D eigenvalue weighted by molar-refractivity contribution is 0.861. The number of thiazole rings is 1. The summed E-state index contributed by atoms with van der Waals surface area (Å²) in [5.74, 6) is 0.716. The lowest BCUT2D eigenvalue weighted by Crippen LogP contribution is -2.09. The molecule has 0 bridgehead atoms.